The third kappa shape index (κ3) is 3.23. The minimum atomic E-state index is 0.587. The molecule has 1 nitrogen and oxygen atoms in total. The van der Waals surface area contributed by atoms with E-state index in [-0.39, 0.29) is 0 Å². The van der Waals surface area contributed by atoms with Gasteiger partial charge in [0.25, 0.3) is 0 Å². The molecule has 2 fully saturated rings. The lowest BCUT2D eigenvalue weighted by atomic mass is 9.70. The SMILES string of the molecule is CC1CC(C)(C)CCC1NC1CCCCC1. The van der Waals surface area contributed by atoms with Crippen LogP contribution in [-0.4, -0.2) is 12.1 Å². The zero-order valence-electron chi connectivity index (χ0n) is 11.4. The lowest BCUT2D eigenvalue weighted by Crippen LogP contribution is -2.46. The molecule has 2 rings (SSSR count). The summed E-state index contributed by atoms with van der Waals surface area (Å²) in [5.74, 6) is 0.866. The van der Waals surface area contributed by atoms with E-state index >= 15 is 0 Å². The topological polar surface area (TPSA) is 12.0 Å². The molecule has 0 aliphatic heterocycles. The van der Waals surface area contributed by atoms with E-state index in [0.717, 1.165) is 18.0 Å². The summed E-state index contributed by atoms with van der Waals surface area (Å²) in [7, 11) is 0. The molecule has 1 heteroatoms. The zero-order chi connectivity index (χ0) is 11.6. The predicted molar refractivity (Wildman–Crippen MR) is 70.6 cm³/mol. The Morgan fingerprint density at radius 2 is 1.69 bits per heavy atom. The van der Waals surface area contributed by atoms with Crippen LogP contribution in [0.1, 0.15) is 72.1 Å². The fourth-order valence-corrected chi connectivity index (χ4v) is 3.77. The van der Waals surface area contributed by atoms with Crippen molar-refractivity contribution in [3.63, 3.8) is 0 Å². The summed E-state index contributed by atoms with van der Waals surface area (Å²) in [6.07, 6.45) is 11.4. The van der Waals surface area contributed by atoms with Crippen molar-refractivity contribution in [3.8, 4) is 0 Å². The van der Waals surface area contributed by atoms with E-state index in [9.17, 15) is 0 Å². The molecule has 94 valence electrons. The summed E-state index contributed by atoms with van der Waals surface area (Å²) in [4.78, 5) is 0. The van der Waals surface area contributed by atoms with Gasteiger partial charge >= 0.3 is 0 Å². The van der Waals surface area contributed by atoms with E-state index in [1.807, 2.05) is 0 Å². The Morgan fingerprint density at radius 1 is 1.00 bits per heavy atom. The minimum Gasteiger partial charge on any atom is -0.311 e. The normalized spacial score (nSPS) is 36.2. The molecule has 16 heavy (non-hydrogen) atoms. The van der Waals surface area contributed by atoms with E-state index in [0.29, 0.717) is 5.41 Å². The Labute approximate surface area is 101 Å². The largest absolute Gasteiger partial charge is 0.311 e. The van der Waals surface area contributed by atoms with Crippen LogP contribution in [0.4, 0.5) is 0 Å². The van der Waals surface area contributed by atoms with Crippen LogP contribution >= 0.6 is 0 Å². The third-order valence-electron chi connectivity index (χ3n) is 4.75. The van der Waals surface area contributed by atoms with Gasteiger partial charge in [-0.2, -0.15) is 0 Å². The lowest BCUT2D eigenvalue weighted by molar-refractivity contribution is 0.136. The second kappa shape index (κ2) is 5.08. The van der Waals surface area contributed by atoms with Crippen LogP contribution in [0.3, 0.4) is 0 Å². The smallest absolute Gasteiger partial charge is 0.00956 e. The van der Waals surface area contributed by atoms with E-state index in [4.69, 9.17) is 0 Å². The fourth-order valence-electron chi connectivity index (χ4n) is 3.77. The quantitative estimate of drug-likeness (QED) is 0.742. The van der Waals surface area contributed by atoms with Crippen LogP contribution in [-0.2, 0) is 0 Å². The van der Waals surface area contributed by atoms with Crippen molar-refractivity contribution < 1.29 is 0 Å². The van der Waals surface area contributed by atoms with E-state index < -0.39 is 0 Å². The van der Waals surface area contributed by atoms with Crippen molar-refractivity contribution in [3.05, 3.63) is 0 Å². The van der Waals surface area contributed by atoms with Crippen LogP contribution < -0.4 is 5.32 Å². The van der Waals surface area contributed by atoms with Crippen molar-refractivity contribution in [2.75, 3.05) is 0 Å². The first-order chi connectivity index (χ1) is 7.57. The maximum Gasteiger partial charge on any atom is 0.00956 e. The van der Waals surface area contributed by atoms with Gasteiger partial charge in [-0.3, -0.25) is 0 Å². The highest BCUT2D eigenvalue weighted by molar-refractivity contribution is 4.89. The number of hydrogen-bond donors (Lipinski definition) is 1. The average molecular weight is 223 g/mol. The van der Waals surface area contributed by atoms with E-state index in [2.05, 4.69) is 26.1 Å². The molecule has 0 heterocycles. The van der Waals surface area contributed by atoms with Gasteiger partial charge in [0, 0.05) is 12.1 Å². The van der Waals surface area contributed by atoms with Gasteiger partial charge in [-0.15, -0.1) is 0 Å². The van der Waals surface area contributed by atoms with E-state index in [1.165, 1.54) is 51.4 Å². The molecular formula is C15H29N. The molecule has 0 radical (unpaired) electrons. The van der Waals surface area contributed by atoms with Gasteiger partial charge in [-0.05, 0) is 43.4 Å². The molecule has 0 spiro atoms. The molecule has 2 aliphatic rings. The monoisotopic (exact) mass is 223 g/mol. The van der Waals surface area contributed by atoms with Crippen molar-refractivity contribution in [1.82, 2.24) is 5.32 Å². The molecule has 0 aromatic rings. The minimum absolute atomic E-state index is 0.587. The third-order valence-corrected chi connectivity index (χ3v) is 4.75. The molecule has 0 saturated heterocycles. The second-order valence-electron chi connectivity index (χ2n) is 6.99. The first-order valence-electron chi connectivity index (χ1n) is 7.33. The van der Waals surface area contributed by atoms with Crippen molar-refractivity contribution in [2.24, 2.45) is 11.3 Å². The second-order valence-corrected chi connectivity index (χ2v) is 6.99. The molecule has 0 bridgehead atoms. The summed E-state index contributed by atoms with van der Waals surface area (Å²) in [5.41, 5.74) is 0.587. The first kappa shape index (κ1) is 12.4. The molecule has 1 N–H and O–H groups in total. The maximum atomic E-state index is 3.95. The molecule has 2 aliphatic carbocycles. The molecule has 0 aromatic heterocycles. The standard InChI is InChI=1S/C15H29N/c1-12-11-15(2,3)10-9-14(12)16-13-7-5-4-6-8-13/h12-14,16H,4-11H2,1-3H3. The van der Waals surface area contributed by atoms with Crippen LogP contribution in [0.2, 0.25) is 0 Å². The molecule has 0 aromatic carbocycles. The molecule has 2 atom stereocenters. The predicted octanol–water partition coefficient (Wildman–Crippen LogP) is 4.12. The van der Waals surface area contributed by atoms with Gasteiger partial charge in [0.15, 0.2) is 0 Å². The van der Waals surface area contributed by atoms with Crippen LogP contribution in [0.5, 0.6) is 0 Å². The summed E-state index contributed by atoms with van der Waals surface area (Å²) in [6.45, 7) is 7.31. The Morgan fingerprint density at radius 3 is 2.31 bits per heavy atom. The Hall–Kier alpha value is -0.0400. The zero-order valence-corrected chi connectivity index (χ0v) is 11.4. The molecular weight excluding hydrogens is 194 g/mol. The van der Waals surface area contributed by atoms with Crippen molar-refractivity contribution in [2.45, 2.75) is 84.2 Å². The summed E-state index contributed by atoms with van der Waals surface area (Å²) in [5, 5.41) is 3.95. The molecule has 2 saturated carbocycles. The fraction of sp³-hybridized carbons (Fsp3) is 1.00. The van der Waals surface area contributed by atoms with Gasteiger partial charge in [0.05, 0.1) is 0 Å². The summed E-state index contributed by atoms with van der Waals surface area (Å²) in [6, 6.07) is 1.64. The van der Waals surface area contributed by atoms with Gasteiger partial charge < -0.3 is 5.32 Å². The highest BCUT2D eigenvalue weighted by Gasteiger charge is 2.33. The highest BCUT2D eigenvalue weighted by Crippen LogP contribution is 2.38. The highest BCUT2D eigenvalue weighted by atomic mass is 15.0. The van der Waals surface area contributed by atoms with Crippen LogP contribution in [0, 0.1) is 11.3 Å². The first-order valence-corrected chi connectivity index (χ1v) is 7.33. The van der Waals surface area contributed by atoms with Crippen molar-refractivity contribution >= 4 is 0 Å². The summed E-state index contributed by atoms with van der Waals surface area (Å²) < 4.78 is 0. The van der Waals surface area contributed by atoms with Gasteiger partial charge in [-0.25, -0.2) is 0 Å². The Balaban J connectivity index is 1.81. The van der Waals surface area contributed by atoms with Gasteiger partial charge in [0.1, 0.15) is 0 Å². The molecule has 2 unspecified atom stereocenters. The molecule has 0 amide bonds. The summed E-state index contributed by atoms with van der Waals surface area (Å²) >= 11 is 0. The Kier molecular flexibility index (Phi) is 3.94. The van der Waals surface area contributed by atoms with Crippen molar-refractivity contribution in [1.29, 1.82) is 0 Å². The van der Waals surface area contributed by atoms with Crippen LogP contribution in [0.25, 0.3) is 0 Å². The van der Waals surface area contributed by atoms with E-state index in [1.54, 1.807) is 0 Å². The Bertz CT molecular complexity index is 215. The lowest BCUT2D eigenvalue weighted by Gasteiger charge is -2.41. The van der Waals surface area contributed by atoms with Crippen LogP contribution in [0.15, 0.2) is 0 Å². The van der Waals surface area contributed by atoms with Gasteiger partial charge in [-0.1, -0.05) is 40.0 Å². The van der Waals surface area contributed by atoms with Gasteiger partial charge in [0.2, 0.25) is 0 Å². The average Bonchev–Trinajstić information content (AvgIpc) is 2.23. The number of nitrogens with one attached hydrogen (secondary N) is 1. The maximum absolute atomic E-state index is 3.95. The number of hydrogen-bond acceptors (Lipinski definition) is 1. The number of rotatable bonds is 2.